The highest BCUT2D eigenvalue weighted by Gasteiger charge is 2.24. The van der Waals surface area contributed by atoms with Gasteiger partial charge >= 0.3 is 0 Å². The van der Waals surface area contributed by atoms with E-state index in [1.807, 2.05) is 4.90 Å². The molecule has 8 heteroatoms. The molecule has 2 aromatic rings. The number of thiazole rings is 1. The molecule has 0 aliphatic carbocycles. The first-order valence-corrected chi connectivity index (χ1v) is 6.64. The van der Waals surface area contributed by atoms with Gasteiger partial charge in [0.25, 0.3) is 0 Å². The predicted octanol–water partition coefficient (Wildman–Crippen LogP) is 1.26. The van der Waals surface area contributed by atoms with Crippen LogP contribution >= 0.6 is 11.3 Å². The molecular weight excluding hydrogens is 271 g/mol. The van der Waals surface area contributed by atoms with Gasteiger partial charge in [-0.05, 0) is 0 Å². The zero-order chi connectivity index (χ0) is 13.4. The Morgan fingerprint density at radius 2 is 2.11 bits per heavy atom. The van der Waals surface area contributed by atoms with Gasteiger partial charge in [-0.1, -0.05) is 11.3 Å². The highest BCUT2D eigenvalue weighted by atomic mass is 32.1. The second-order valence-corrected chi connectivity index (χ2v) is 5.12. The average Bonchev–Trinajstić information content (AvgIpc) is 2.80. The quantitative estimate of drug-likeness (QED) is 0.837. The van der Waals surface area contributed by atoms with Crippen molar-refractivity contribution in [3.63, 3.8) is 0 Å². The lowest BCUT2D eigenvalue weighted by atomic mass is 10.3. The molecule has 0 spiro atoms. The molecule has 2 aromatic heterocycles. The minimum Gasteiger partial charge on any atom is -0.479 e. The Hall–Kier alpha value is -1.67. The number of anilines is 2. The zero-order valence-electron chi connectivity index (χ0n) is 10.4. The van der Waals surface area contributed by atoms with Crippen LogP contribution in [-0.4, -0.2) is 43.4 Å². The molecule has 0 unspecified atom stereocenters. The van der Waals surface area contributed by atoms with Crippen molar-refractivity contribution < 1.29 is 13.9 Å². The van der Waals surface area contributed by atoms with Crippen LogP contribution in [0.5, 0.6) is 5.88 Å². The minimum atomic E-state index is -0.560. The predicted molar refractivity (Wildman–Crippen MR) is 71.4 cm³/mol. The van der Waals surface area contributed by atoms with Crippen molar-refractivity contribution in [2.75, 3.05) is 44.0 Å². The fraction of sp³-hybridized carbons (Fsp3) is 0.455. The van der Waals surface area contributed by atoms with Crippen LogP contribution in [0, 0.1) is 5.95 Å². The number of hydrogen-bond donors (Lipinski definition) is 1. The summed E-state index contributed by atoms with van der Waals surface area (Å²) in [5, 5.41) is 0.371. The van der Waals surface area contributed by atoms with Crippen LogP contribution in [0.3, 0.4) is 0 Å². The van der Waals surface area contributed by atoms with Gasteiger partial charge in [0.05, 0.1) is 25.0 Å². The van der Waals surface area contributed by atoms with Crippen LogP contribution in [-0.2, 0) is 4.74 Å². The first kappa shape index (κ1) is 12.4. The van der Waals surface area contributed by atoms with Crippen molar-refractivity contribution in [1.29, 1.82) is 0 Å². The number of nitrogens with zero attached hydrogens (tertiary/aromatic N) is 3. The molecule has 0 saturated carbocycles. The molecule has 1 aliphatic rings. The number of halogens is 1. The van der Waals surface area contributed by atoms with Gasteiger partial charge in [-0.2, -0.15) is 9.37 Å². The zero-order valence-corrected chi connectivity index (χ0v) is 11.2. The summed E-state index contributed by atoms with van der Waals surface area (Å²) in [6, 6.07) is 0. The van der Waals surface area contributed by atoms with E-state index in [9.17, 15) is 4.39 Å². The molecule has 0 atom stereocenters. The standard InChI is InChI=1S/C11H13FN4O2S/c1-17-10-6-8(19-11(13)14-6)7(9(12)15-10)16-2-4-18-5-3-16/h2-5H2,1H3,(H2,13,14). The number of morpholine rings is 1. The first-order chi connectivity index (χ1) is 9.20. The summed E-state index contributed by atoms with van der Waals surface area (Å²) >= 11 is 1.24. The highest BCUT2D eigenvalue weighted by Crippen LogP contribution is 2.38. The Morgan fingerprint density at radius 3 is 2.79 bits per heavy atom. The summed E-state index contributed by atoms with van der Waals surface area (Å²) in [6.07, 6.45) is 0. The molecule has 3 rings (SSSR count). The molecule has 6 nitrogen and oxygen atoms in total. The van der Waals surface area contributed by atoms with Gasteiger partial charge in [-0.15, -0.1) is 0 Å². The van der Waals surface area contributed by atoms with Gasteiger partial charge in [0, 0.05) is 13.1 Å². The fourth-order valence-electron chi connectivity index (χ4n) is 2.13. The highest BCUT2D eigenvalue weighted by molar-refractivity contribution is 7.22. The third-order valence-electron chi connectivity index (χ3n) is 2.98. The van der Waals surface area contributed by atoms with Crippen LogP contribution in [0.15, 0.2) is 0 Å². The Bertz CT molecular complexity index is 612. The largest absolute Gasteiger partial charge is 0.479 e. The molecular formula is C11H13FN4O2S. The average molecular weight is 284 g/mol. The molecule has 0 amide bonds. The van der Waals surface area contributed by atoms with Crippen LogP contribution in [0.25, 0.3) is 10.2 Å². The topological polar surface area (TPSA) is 73.5 Å². The molecule has 0 radical (unpaired) electrons. The number of pyridine rings is 1. The summed E-state index contributed by atoms with van der Waals surface area (Å²) in [5.74, 6) is -0.396. The molecule has 2 N–H and O–H groups in total. The Balaban J connectivity index is 2.19. The molecule has 0 bridgehead atoms. The van der Waals surface area contributed by atoms with Gasteiger partial charge in [0.15, 0.2) is 5.13 Å². The molecule has 102 valence electrons. The summed E-state index contributed by atoms with van der Waals surface area (Å²) in [4.78, 5) is 9.90. The maximum Gasteiger partial charge on any atom is 0.244 e. The molecule has 0 aromatic carbocycles. The lowest BCUT2D eigenvalue weighted by Gasteiger charge is -2.29. The summed E-state index contributed by atoms with van der Waals surface area (Å²) < 4.78 is 25.2. The van der Waals surface area contributed by atoms with E-state index >= 15 is 0 Å². The smallest absolute Gasteiger partial charge is 0.244 e. The van der Waals surface area contributed by atoms with Crippen molar-refractivity contribution in [1.82, 2.24) is 9.97 Å². The van der Waals surface area contributed by atoms with Crippen molar-refractivity contribution in [3.05, 3.63) is 5.95 Å². The van der Waals surface area contributed by atoms with E-state index in [0.717, 1.165) is 0 Å². The third kappa shape index (κ3) is 2.06. The number of aromatic nitrogens is 2. The summed E-state index contributed by atoms with van der Waals surface area (Å²) in [6.45, 7) is 2.39. The third-order valence-corrected chi connectivity index (χ3v) is 3.87. The second kappa shape index (κ2) is 4.78. The van der Waals surface area contributed by atoms with E-state index in [1.54, 1.807) is 0 Å². The molecule has 1 aliphatic heterocycles. The number of ether oxygens (including phenoxy) is 2. The lowest BCUT2D eigenvalue weighted by Crippen LogP contribution is -2.37. The van der Waals surface area contributed by atoms with E-state index in [-0.39, 0.29) is 5.88 Å². The van der Waals surface area contributed by atoms with Crippen LogP contribution in [0.1, 0.15) is 0 Å². The maximum absolute atomic E-state index is 14.2. The van der Waals surface area contributed by atoms with Gasteiger partial charge < -0.3 is 20.1 Å². The number of rotatable bonds is 2. The van der Waals surface area contributed by atoms with Crippen molar-refractivity contribution in [2.45, 2.75) is 0 Å². The lowest BCUT2D eigenvalue weighted by molar-refractivity contribution is 0.122. The summed E-state index contributed by atoms with van der Waals surface area (Å²) in [5.41, 5.74) is 6.67. The van der Waals surface area contributed by atoms with Crippen molar-refractivity contribution >= 4 is 32.4 Å². The molecule has 1 fully saturated rings. The van der Waals surface area contributed by atoms with E-state index in [2.05, 4.69) is 9.97 Å². The Labute approximate surface area is 113 Å². The van der Waals surface area contributed by atoms with Crippen LogP contribution in [0.4, 0.5) is 15.2 Å². The van der Waals surface area contributed by atoms with Crippen molar-refractivity contribution in [2.24, 2.45) is 0 Å². The van der Waals surface area contributed by atoms with E-state index in [1.165, 1.54) is 18.4 Å². The number of nitrogens with two attached hydrogens (primary N) is 1. The SMILES string of the molecule is COc1nc(F)c(N2CCOCC2)c2sc(N)nc12. The van der Waals surface area contributed by atoms with Gasteiger partial charge in [0.1, 0.15) is 11.2 Å². The van der Waals surface area contributed by atoms with E-state index < -0.39 is 5.95 Å². The Kier molecular flexibility index (Phi) is 3.11. The summed E-state index contributed by atoms with van der Waals surface area (Å²) in [7, 11) is 1.44. The monoisotopic (exact) mass is 284 g/mol. The van der Waals surface area contributed by atoms with E-state index in [4.69, 9.17) is 15.2 Å². The normalized spacial score (nSPS) is 16.0. The number of hydrogen-bond acceptors (Lipinski definition) is 7. The minimum absolute atomic E-state index is 0.164. The maximum atomic E-state index is 14.2. The van der Waals surface area contributed by atoms with Gasteiger partial charge in [0.2, 0.25) is 11.8 Å². The van der Waals surface area contributed by atoms with Gasteiger partial charge in [-0.25, -0.2) is 4.98 Å². The van der Waals surface area contributed by atoms with Crippen LogP contribution in [0.2, 0.25) is 0 Å². The Morgan fingerprint density at radius 1 is 1.37 bits per heavy atom. The number of fused-ring (bicyclic) bond motifs is 1. The second-order valence-electron chi connectivity index (χ2n) is 4.09. The fourth-order valence-corrected chi connectivity index (χ4v) is 3.02. The molecule has 1 saturated heterocycles. The molecule has 3 heterocycles. The van der Waals surface area contributed by atoms with Gasteiger partial charge in [-0.3, -0.25) is 0 Å². The van der Waals surface area contributed by atoms with Crippen LogP contribution < -0.4 is 15.4 Å². The molecule has 19 heavy (non-hydrogen) atoms. The first-order valence-electron chi connectivity index (χ1n) is 5.83. The van der Waals surface area contributed by atoms with E-state index in [0.29, 0.717) is 47.3 Å². The number of nitrogen functional groups attached to an aromatic ring is 1. The van der Waals surface area contributed by atoms with Crippen molar-refractivity contribution in [3.8, 4) is 5.88 Å². The number of methoxy groups -OCH3 is 1.